The Balaban J connectivity index is 2.16. The number of halogens is 2. The maximum Gasteiger partial charge on any atom is 0.123 e. The lowest BCUT2D eigenvalue weighted by atomic mass is 9.92. The van der Waals surface area contributed by atoms with Gasteiger partial charge in [0.05, 0.1) is 0 Å². The molecule has 20 heavy (non-hydrogen) atoms. The molecular weight excluding hydrogens is 317 g/mol. The van der Waals surface area contributed by atoms with Crippen molar-refractivity contribution in [3.05, 3.63) is 69.9 Å². The minimum absolute atomic E-state index is 0.166. The average molecular weight is 336 g/mol. The molecule has 0 aliphatic carbocycles. The van der Waals surface area contributed by atoms with Crippen molar-refractivity contribution in [1.82, 2.24) is 5.32 Å². The van der Waals surface area contributed by atoms with Crippen molar-refractivity contribution < 1.29 is 4.39 Å². The molecule has 0 bridgehead atoms. The van der Waals surface area contributed by atoms with E-state index < -0.39 is 0 Å². The highest BCUT2D eigenvalue weighted by Gasteiger charge is 2.12. The third-order valence-corrected chi connectivity index (χ3v) is 3.88. The molecule has 106 valence electrons. The van der Waals surface area contributed by atoms with Crippen LogP contribution >= 0.6 is 15.9 Å². The van der Waals surface area contributed by atoms with E-state index in [4.69, 9.17) is 0 Å². The van der Waals surface area contributed by atoms with E-state index in [1.54, 1.807) is 12.1 Å². The van der Waals surface area contributed by atoms with E-state index >= 15 is 0 Å². The fraction of sp³-hybridized carbons (Fsp3) is 0.294. The van der Waals surface area contributed by atoms with Crippen LogP contribution < -0.4 is 5.32 Å². The predicted molar refractivity (Wildman–Crippen MR) is 85.5 cm³/mol. The monoisotopic (exact) mass is 335 g/mol. The molecule has 0 saturated heterocycles. The third kappa shape index (κ3) is 4.43. The number of nitrogens with one attached hydrogen (secondary N) is 1. The maximum atomic E-state index is 13.3. The summed E-state index contributed by atoms with van der Waals surface area (Å²) in [5.74, 6) is 0.186. The molecule has 2 aromatic carbocycles. The van der Waals surface area contributed by atoms with Gasteiger partial charge in [0.2, 0.25) is 0 Å². The number of benzene rings is 2. The highest BCUT2D eigenvalue weighted by atomic mass is 79.9. The molecule has 0 spiro atoms. The summed E-state index contributed by atoms with van der Waals surface area (Å²) in [6, 6.07) is 15.2. The molecule has 0 heterocycles. The van der Waals surface area contributed by atoms with Crippen LogP contribution in [-0.4, -0.2) is 13.1 Å². The van der Waals surface area contributed by atoms with Gasteiger partial charge in [0.15, 0.2) is 0 Å². The van der Waals surface area contributed by atoms with Crippen molar-refractivity contribution in [3.8, 4) is 0 Å². The molecule has 1 nitrogen and oxygen atoms in total. The maximum absolute atomic E-state index is 13.3. The van der Waals surface area contributed by atoms with Crippen molar-refractivity contribution in [1.29, 1.82) is 0 Å². The van der Waals surface area contributed by atoms with E-state index in [0.29, 0.717) is 5.92 Å². The van der Waals surface area contributed by atoms with E-state index in [1.165, 1.54) is 11.6 Å². The van der Waals surface area contributed by atoms with Gasteiger partial charge >= 0.3 is 0 Å². The van der Waals surface area contributed by atoms with E-state index in [2.05, 4.69) is 52.4 Å². The average Bonchev–Trinajstić information content (AvgIpc) is 2.44. The first-order chi connectivity index (χ1) is 9.69. The Morgan fingerprint density at radius 2 is 1.90 bits per heavy atom. The predicted octanol–water partition coefficient (Wildman–Crippen LogP) is 4.52. The normalized spacial score (nSPS) is 12.3. The first-order valence-corrected chi connectivity index (χ1v) is 7.69. The quantitative estimate of drug-likeness (QED) is 0.818. The van der Waals surface area contributed by atoms with Gasteiger partial charge < -0.3 is 5.32 Å². The third-order valence-electron chi connectivity index (χ3n) is 3.35. The van der Waals surface area contributed by atoms with Crippen molar-refractivity contribution in [3.63, 3.8) is 0 Å². The fourth-order valence-corrected chi connectivity index (χ4v) is 2.57. The van der Waals surface area contributed by atoms with E-state index in [9.17, 15) is 4.39 Å². The number of hydrogen-bond acceptors (Lipinski definition) is 1. The highest BCUT2D eigenvalue weighted by molar-refractivity contribution is 9.10. The summed E-state index contributed by atoms with van der Waals surface area (Å²) in [6.07, 6.45) is 0.840. The molecule has 1 atom stereocenters. The molecule has 0 amide bonds. The second-order valence-corrected chi connectivity index (χ2v) is 5.81. The SMILES string of the molecule is CCNCC(Cc1cccc(F)c1)c1ccc(Br)cc1. The van der Waals surface area contributed by atoms with Crippen molar-refractivity contribution in [2.75, 3.05) is 13.1 Å². The molecule has 1 N–H and O–H groups in total. The minimum atomic E-state index is -0.166. The second kappa shape index (κ2) is 7.55. The first-order valence-electron chi connectivity index (χ1n) is 6.89. The summed E-state index contributed by atoms with van der Waals surface area (Å²) < 4.78 is 14.4. The molecule has 0 aromatic heterocycles. The van der Waals surface area contributed by atoms with Gasteiger partial charge in [0.1, 0.15) is 5.82 Å². The van der Waals surface area contributed by atoms with Crippen LogP contribution in [0.25, 0.3) is 0 Å². The Bertz CT molecular complexity index is 539. The summed E-state index contributed by atoms with van der Waals surface area (Å²) in [7, 11) is 0. The molecule has 0 radical (unpaired) electrons. The van der Waals surface area contributed by atoms with Crippen LogP contribution in [0.1, 0.15) is 24.0 Å². The van der Waals surface area contributed by atoms with Crippen LogP contribution in [0.4, 0.5) is 4.39 Å². The molecular formula is C17H19BrFN. The zero-order valence-corrected chi connectivity index (χ0v) is 13.2. The number of rotatable bonds is 6. The molecule has 0 aliphatic rings. The van der Waals surface area contributed by atoms with Crippen molar-refractivity contribution in [2.24, 2.45) is 0 Å². The Labute approximate surface area is 128 Å². The number of hydrogen-bond donors (Lipinski definition) is 1. The first kappa shape index (κ1) is 15.2. The molecule has 0 aliphatic heterocycles. The van der Waals surface area contributed by atoms with Gasteiger partial charge in [-0.1, -0.05) is 47.1 Å². The largest absolute Gasteiger partial charge is 0.316 e. The van der Waals surface area contributed by atoms with Gasteiger partial charge in [0.25, 0.3) is 0 Å². The van der Waals surface area contributed by atoms with Gasteiger partial charge in [-0.15, -0.1) is 0 Å². The Morgan fingerprint density at radius 3 is 2.55 bits per heavy atom. The van der Waals surface area contributed by atoms with Gasteiger partial charge in [-0.05, 0) is 48.4 Å². The van der Waals surface area contributed by atoms with Crippen LogP contribution in [-0.2, 0) is 6.42 Å². The van der Waals surface area contributed by atoms with Gasteiger partial charge in [-0.3, -0.25) is 0 Å². The van der Waals surface area contributed by atoms with Crippen LogP contribution in [0.5, 0.6) is 0 Å². The van der Waals surface area contributed by atoms with Gasteiger partial charge in [-0.2, -0.15) is 0 Å². The lowest BCUT2D eigenvalue weighted by Gasteiger charge is -2.18. The Kier molecular flexibility index (Phi) is 5.74. The lowest BCUT2D eigenvalue weighted by molar-refractivity contribution is 0.588. The van der Waals surface area contributed by atoms with Gasteiger partial charge in [-0.25, -0.2) is 4.39 Å². The van der Waals surface area contributed by atoms with E-state index in [-0.39, 0.29) is 5.82 Å². The molecule has 3 heteroatoms. The standard InChI is InChI=1S/C17H19BrFN/c1-2-20-12-15(14-6-8-16(18)9-7-14)10-13-4-3-5-17(19)11-13/h3-9,11,15,20H,2,10,12H2,1H3. The zero-order chi connectivity index (χ0) is 14.4. The van der Waals surface area contributed by atoms with Crippen molar-refractivity contribution >= 4 is 15.9 Å². The van der Waals surface area contributed by atoms with E-state index in [0.717, 1.165) is 29.5 Å². The van der Waals surface area contributed by atoms with Crippen LogP contribution in [0.15, 0.2) is 53.0 Å². The Hall–Kier alpha value is -1.19. The zero-order valence-electron chi connectivity index (χ0n) is 11.6. The smallest absolute Gasteiger partial charge is 0.123 e. The van der Waals surface area contributed by atoms with Crippen LogP contribution in [0.3, 0.4) is 0 Å². The lowest BCUT2D eigenvalue weighted by Crippen LogP contribution is -2.22. The van der Waals surface area contributed by atoms with Crippen LogP contribution in [0.2, 0.25) is 0 Å². The molecule has 2 aromatic rings. The molecule has 1 unspecified atom stereocenters. The summed E-state index contributed by atoms with van der Waals surface area (Å²) >= 11 is 3.46. The summed E-state index contributed by atoms with van der Waals surface area (Å²) in [5.41, 5.74) is 2.31. The summed E-state index contributed by atoms with van der Waals surface area (Å²) in [6.45, 7) is 3.94. The minimum Gasteiger partial charge on any atom is -0.316 e. The van der Waals surface area contributed by atoms with Crippen LogP contribution in [0, 0.1) is 5.82 Å². The number of likely N-dealkylation sites (N-methyl/N-ethyl adjacent to an activating group) is 1. The second-order valence-electron chi connectivity index (χ2n) is 4.89. The van der Waals surface area contributed by atoms with Gasteiger partial charge in [0, 0.05) is 16.9 Å². The highest BCUT2D eigenvalue weighted by Crippen LogP contribution is 2.22. The molecule has 2 rings (SSSR count). The van der Waals surface area contributed by atoms with E-state index in [1.807, 2.05) is 6.07 Å². The molecule has 0 fully saturated rings. The Morgan fingerprint density at radius 1 is 1.15 bits per heavy atom. The summed E-state index contributed by atoms with van der Waals surface area (Å²) in [4.78, 5) is 0. The molecule has 0 saturated carbocycles. The summed E-state index contributed by atoms with van der Waals surface area (Å²) in [5, 5.41) is 3.39. The van der Waals surface area contributed by atoms with Crippen molar-refractivity contribution in [2.45, 2.75) is 19.3 Å². The topological polar surface area (TPSA) is 12.0 Å². The fourth-order valence-electron chi connectivity index (χ4n) is 2.31.